The van der Waals surface area contributed by atoms with Gasteiger partial charge in [-0.25, -0.2) is 0 Å². The summed E-state index contributed by atoms with van der Waals surface area (Å²) >= 11 is 0. The van der Waals surface area contributed by atoms with Gasteiger partial charge in [-0.3, -0.25) is 4.55 Å². The predicted molar refractivity (Wildman–Crippen MR) is 122 cm³/mol. The fourth-order valence-corrected chi connectivity index (χ4v) is 4.34. The zero-order chi connectivity index (χ0) is 22.5. The molecule has 2 rings (SSSR count). The molecule has 0 fully saturated rings. The first-order valence-corrected chi connectivity index (χ1v) is 12.9. The number of rotatable bonds is 15. The van der Waals surface area contributed by atoms with Gasteiger partial charge in [0.15, 0.2) is 0 Å². The molecule has 0 spiro atoms. The Labute approximate surface area is 215 Å². The Morgan fingerprint density at radius 1 is 0.844 bits per heavy atom. The molecule has 0 saturated carbocycles. The molecule has 0 saturated heterocycles. The summed E-state index contributed by atoms with van der Waals surface area (Å²) in [4.78, 5) is -0.470. The van der Waals surface area contributed by atoms with E-state index in [2.05, 4.69) is 6.92 Å². The van der Waals surface area contributed by atoms with E-state index in [4.69, 9.17) is 4.74 Å². The maximum Gasteiger partial charge on any atom is 1.00 e. The van der Waals surface area contributed by atoms with Gasteiger partial charge in [0.2, 0.25) is 0 Å². The minimum absolute atomic E-state index is 0. The maximum atomic E-state index is 12.5. The average molecular weight is 471 g/mol. The standard InChI is InChI=1S/C25H36O5S.Na/c1-2-3-4-5-6-7-8-9-10-11-13-16-21-19-23(26)25(24(20-21)31(27,28)29)30-22-17-14-12-15-18-22;/h12,14-15,17-20,26H,2-11,13,16H2,1H3,(H,27,28,29);/q;+1/p-1. The third kappa shape index (κ3) is 10.7. The summed E-state index contributed by atoms with van der Waals surface area (Å²) in [6.45, 7) is 2.23. The van der Waals surface area contributed by atoms with Crippen LogP contribution < -0.4 is 39.4 Å². The zero-order valence-corrected chi connectivity index (χ0v) is 22.3. The van der Waals surface area contributed by atoms with E-state index in [1.54, 1.807) is 30.3 Å². The molecule has 0 aliphatic rings. The molecule has 0 aliphatic heterocycles. The molecule has 1 N–H and O–H groups in total. The van der Waals surface area contributed by atoms with Crippen molar-refractivity contribution in [3.05, 3.63) is 48.0 Å². The summed E-state index contributed by atoms with van der Waals surface area (Å²) in [5, 5.41) is 12.5. The van der Waals surface area contributed by atoms with Gasteiger partial charge >= 0.3 is 29.6 Å². The van der Waals surface area contributed by atoms with Crippen LogP contribution in [0.25, 0.3) is 0 Å². The van der Waals surface area contributed by atoms with Crippen molar-refractivity contribution in [1.29, 1.82) is 0 Å². The molecule has 0 bridgehead atoms. The molecule has 32 heavy (non-hydrogen) atoms. The molecular formula is C25H35NaO5S. The first-order chi connectivity index (χ1) is 14.9. The van der Waals surface area contributed by atoms with Gasteiger partial charge < -0.3 is 9.84 Å². The van der Waals surface area contributed by atoms with Gasteiger partial charge in [0, 0.05) is 0 Å². The van der Waals surface area contributed by atoms with E-state index in [-0.39, 0.29) is 35.3 Å². The maximum absolute atomic E-state index is 12.5. The number of hydrogen-bond donors (Lipinski definition) is 1. The van der Waals surface area contributed by atoms with Crippen LogP contribution in [0.5, 0.6) is 17.2 Å². The van der Waals surface area contributed by atoms with Gasteiger partial charge in [-0.2, -0.15) is 8.42 Å². The van der Waals surface area contributed by atoms with Crippen LogP contribution in [0.15, 0.2) is 47.4 Å². The summed E-state index contributed by atoms with van der Waals surface area (Å²) in [7, 11) is -4.58. The van der Waals surface area contributed by atoms with Gasteiger partial charge in [0.05, 0.1) is 0 Å². The summed E-state index contributed by atoms with van der Waals surface area (Å²) in [6.07, 6.45) is 14.0. The van der Waals surface area contributed by atoms with E-state index < -0.39 is 20.8 Å². The predicted octanol–water partition coefficient (Wildman–Crippen LogP) is 3.66. The number of para-hydroxylation sites is 1. The SMILES string of the molecule is CCCCCCCCCCCCCc1cc([O-])c(Oc2ccccc2)c(S(=O)(=O)O)c1.[Na+]. The summed E-state index contributed by atoms with van der Waals surface area (Å²) in [6, 6.07) is 11.2. The fraction of sp³-hybridized carbons (Fsp3) is 0.520. The molecule has 0 heterocycles. The smallest absolute Gasteiger partial charge is 0.870 e. The van der Waals surface area contributed by atoms with Crippen LogP contribution in [-0.4, -0.2) is 13.0 Å². The quantitative estimate of drug-likeness (QED) is 0.244. The number of unbranched alkanes of at least 4 members (excludes halogenated alkanes) is 10. The molecule has 0 atom stereocenters. The minimum atomic E-state index is -4.58. The van der Waals surface area contributed by atoms with Gasteiger partial charge in [-0.15, -0.1) is 0 Å². The summed E-state index contributed by atoms with van der Waals surface area (Å²) in [5.41, 5.74) is 0.606. The van der Waals surface area contributed by atoms with Crippen molar-refractivity contribution in [1.82, 2.24) is 0 Å². The van der Waals surface area contributed by atoms with Crippen LogP contribution >= 0.6 is 0 Å². The molecule has 0 unspecified atom stereocenters. The Balaban J connectivity index is 0.00000512. The van der Waals surface area contributed by atoms with E-state index in [1.165, 1.54) is 63.5 Å². The van der Waals surface area contributed by atoms with Crippen molar-refractivity contribution in [2.45, 2.75) is 88.9 Å². The van der Waals surface area contributed by atoms with Gasteiger partial charge in [0.1, 0.15) is 16.4 Å². The van der Waals surface area contributed by atoms with Crippen LogP contribution in [0.2, 0.25) is 0 Å². The number of benzene rings is 2. The van der Waals surface area contributed by atoms with E-state index in [1.807, 2.05) is 0 Å². The van der Waals surface area contributed by atoms with E-state index in [0.717, 1.165) is 19.3 Å². The second-order valence-corrected chi connectivity index (χ2v) is 9.49. The molecule has 172 valence electrons. The Morgan fingerprint density at radius 2 is 1.38 bits per heavy atom. The molecule has 0 aromatic heterocycles. The fourth-order valence-electron chi connectivity index (χ4n) is 3.67. The Morgan fingerprint density at radius 3 is 1.91 bits per heavy atom. The van der Waals surface area contributed by atoms with Gasteiger partial charge in [-0.1, -0.05) is 101 Å². The summed E-state index contributed by atoms with van der Waals surface area (Å²) < 4.78 is 38.8. The molecule has 7 heteroatoms. The Bertz CT molecular complexity index is 885. The van der Waals surface area contributed by atoms with Crippen LogP contribution in [0.1, 0.15) is 83.1 Å². The third-order valence-electron chi connectivity index (χ3n) is 5.39. The molecule has 5 nitrogen and oxygen atoms in total. The van der Waals surface area contributed by atoms with E-state index >= 15 is 0 Å². The largest absolute Gasteiger partial charge is 1.00 e. The minimum Gasteiger partial charge on any atom is -0.870 e. The molecule has 2 aromatic carbocycles. The number of ether oxygens (including phenoxy) is 1. The van der Waals surface area contributed by atoms with Crippen LogP contribution in [0.3, 0.4) is 0 Å². The second-order valence-electron chi connectivity index (χ2n) is 8.10. The Hall–Kier alpha value is -1.05. The van der Waals surface area contributed by atoms with Crippen molar-refractivity contribution in [3.63, 3.8) is 0 Å². The van der Waals surface area contributed by atoms with Gasteiger partial charge in [-0.05, 0) is 36.6 Å². The first-order valence-electron chi connectivity index (χ1n) is 11.5. The number of hydrogen-bond acceptors (Lipinski definition) is 4. The third-order valence-corrected chi connectivity index (χ3v) is 6.25. The molecule has 0 aliphatic carbocycles. The van der Waals surface area contributed by atoms with Crippen molar-refractivity contribution in [2.75, 3.05) is 0 Å². The molecular weight excluding hydrogens is 435 g/mol. The van der Waals surface area contributed by atoms with E-state index in [0.29, 0.717) is 17.7 Å². The van der Waals surface area contributed by atoms with E-state index in [9.17, 15) is 18.1 Å². The second kappa shape index (κ2) is 15.7. The summed E-state index contributed by atoms with van der Waals surface area (Å²) in [5.74, 6) is -0.573. The molecule has 0 radical (unpaired) electrons. The van der Waals surface area contributed by atoms with Crippen molar-refractivity contribution < 1.29 is 52.4 Å². The van der Waals surface area contributed by atoms with Crippen LogP contribution in [-0.2, 0) is 16.5 Å². The Kier molecular flexibility index (Phi) is 14.2. The van der Waals surface area contributed by atoms with Crippen molar-refractivity contribution in [3.8, 4) is 17.2 Å². The first kappa shape index (κ1) is 29.0. The van der Waals surface area contributed by atoms with Gasteiger partial charge in [0.25, 0.3) is 10.1 Å². The normalized spacial score (nSPS) is 11.2. The zero-order valence-electron chi connectivity index (χ0n) is 19.5. The van der Waals surface area contributed by atoms with Crippen LogP contribution in [0, 0.1) is 0 Å². The van der Waals surface area contributed by atoms with Crippen molar-refractivity contribution in [2.24, 2.45) is 0 Å². The van der Waals surface area contributed by atoms with Crippen LogP contribution in [0.4, 0.5) is 0 Å². The molecule has 0 amide bonds. The van der Waals surface area contributed by atoms with Crippen molar-refractivity contribution >= 4 is 10.1 Å². The monoisotopic (exact) mass is 470 g/mol. The average Bonchev–Trinajstić information content (AvgIpc) is 2.73. The number of aryl methyl sites for hydroxylation is 1. The molecule has 2 aromatic rings. The topological polar surface area (TPSA) is 86.7 Å².